The quantitative estimate of drug-likeness (QED) is 0.100. The van der Waals surface area contributed by atoms with Crippen LogP contribution in [-0.4, -0.2) is 78.9 Å². The number of benzene rings is 1. The highest BCUT2D eigenvalue weighted by molar-refractivity contribution is 6.17. The highest BCUT2D eigenvalue weighted by Gasteiger charge is 2.29. The van der Waals surface area contributed by atoms with Crippen molar-refractivity contribution in [2.24, 2.45) is 11.7 Å². The second-order valence-electron chi connectivity index (χ2n) is 9.63. The van der Waals surface area contributed by atoms with E-state index in [1.54, 1.807) is 38.1 Å². The Labute approximate surface area is 243 Å². The van der Waals surface area contributed by atoms with Crippen LogP contribution in [0.1, 0.15) is 38.7 Å². The molecule has 1 heterocycles. The third-order valence-electron chi connectivity index (χ3n) is 6.08. The first-order valence-corrected chi connectivity index (χ1v) is 13.7. The molecule has 0 spiro atoms. The van der Waals surface area contributed by atoms with Crippen LogP contribution in [0.3, 0.4) is 0 Å². The van der Waals surface area contributed by atoms with E-state index in [1.165, 1.54) is 12.2 Å². The van der Waals surface area contributed by atoms with Gasteiger partial charge in [-0.05, 0) is 36.5 Å². The zero-order valence-corrected chi connectivity index (χ0v) is 23.9. The van der Waals surface area contributed by atoms with Crippen LogP contribution < -0.4 is 27.0 Å². The monoisotopic (exact) mass is 592 g/mol. The Balaban J connectivity index is 1.92. The maximum atomic E-state index is 13.2. The Bertz CT molecular complexity index is 1110. The minimum Gasteiger partial charge on any atom is -0.379 e. The zero-order valence-electron chi connectivity index (χ0n) is 23.1. The molecule has 7 amide bonds. The van der Waals surface area contributed by atoms with Crippen molar-refractivity contribution >= 4 is 52.9 Å². The zero-order chi connectivity index (χ0) is 30.4. The summed E-state index contributed by atoms with van der Waals surface area (Å²) in [6, 6.07) is 4.33. The second kappa shape index (κ2) is 17.0. The molecule has 0 saturated heterocycles. The van der Waals surface area contributed by atoms with Gasteiger partial charge < -0.3 is 31.7 Å². The van der Waals surface area contributed by atoms with Gasteiger partial charge in [0, 0.05) is 36.7 Å². The Kier molecular flexibility index (Phi) is 13.8. The number of nitrogens with two attached hydrogens (primary N) is 1. The van der Waals surface area contributed by atoms with Gasteiger partial charge in [-0.15, -0.1) is 11.6 Å². The number of nitrogens with one attached hydrogen (secondary N) is 4. The van der Waals surface area contributed by atoms with Crippen molar-refractivity contribution in [2.75, 3.05) is 31.6 Å². The number of anilines is 1. The van der Waals surface area contributed by atoms with Gasteiger partial charge >= 0.3 is 6.03 Å². The lowest BCUT2D eigenvalue weighted by molar-refractivity contribution is -0.138. The number of rotatable bonds is 17. The molecular weight excluding hydrogens is 556 g/mol. The lowest BCUT2D eigenvalue weighted by Crippen LogP contribution is -2.54. The minimum atomic E-state index is -0.961. The molecule has 0 aliphatic carbocycles. The van der Waals surface area contributed by atoms with Crippen molar-refractivity contribution in [1.29, 1.82) is 0 Å². The van der Waals surface area contributed by atoms with E-state index in [-0.39, 0.29) is 45.1 Å². The van der Waals surface area contributed by atoms with Gasteiger partial charge in [0.25, 0.3) is 11.8 Å². The van der Waals surface area contributed by atoms with Gasteiger partial charge in [0.15, 0.2) is 0 Å². The molecule has 2 atom stereocenters. The van der Waals surface area contributed by atoms with Crippen LogP contribution in [0.5, 0.6) is 0 Å². The Morgan fingerprint density at radius 2 is 1.63 bits per heavy atom. The van der Waals surface area contributed by atoms with Crippen LogP contribution >= 0.6 is 11.6 Å². The molecule has 0 unspecified atom stereocenters. The molecule has 14 heteroatoms. The Hall–Kier alpha value is -3.97. The first kappa shape index (κ1) is 33.2. The molecular formula is C27H37ClN6O7. The Morgan fingerprint density at radius 1 is 0.976 bits per heavy atom. The molecule has 0 fully saturated rings. The summed E-state index contributed by atoms with van der Waals surface area (Å²) >= 11 is 5.82. The fourth-order valence-electron chi connectivity index (χ4n) is 3.81. The summed E-state index contributed by atoms with van der Waals surface area (Å²) in [7, 11) is 0. The van der Waals surface area contributed by atoms with Gasteiger partial charge in [-0.1, -0.05) is 26.0 Å². The molecule has 224 valence electrons. The van der Waals surface area contributed by atoms with E-state index in [2.05, 4.69) is 21.3 Å². The molecule has 6 N–H and O–H groups in total. The number of urea groups is 1. The second-order valence-corrected chi connectivity index (χ2v) is 9.89. The lowest BCUT2D eigenvalue weighted by Gasteiger charge is -2.25. The molecule has 41 heavy (non-hydrogen) atoms. The third kappa shape index (κ3) is 11.6. The number of ether oxygens (including phenoxy) is 1. The van der Waals surface area contributed by atoms with E-state index >= 15 is 0 Å². The molecule has 1 aromatic rings. The third-order valence-corrected chi connectivity index (χ3v) is 6.39. The summed E-state index contributed by atoms with van der Waals surface area (Å²) < 4.78 is 5.37. The Morgan fingerprint density at radius 3 is 2.22 bits per heavy atom. The van der Waals surface area contributed by atoms with Crippen molar-refractivity contribution in [3.63, 3.8) is 0 Å². The van der Waals surface area contributed by atoms with E-state index < -0.39 is 47.7 Å². The van der Waals surface area contributed by atoms with E-state index in [9.17, 15) is 28.8 Å². The predicted molar refractivity (Wildman–Crippen MR) is 151 cm³/mol. The average molecular weight is 593 g/mol. The number of nitrogens with zero attached hydrogens (tertiary/aromatic N) is 1. The van der Waals surface area contributed by atoms with Crippen LogP contribution in [0.25, 0.3) is 0 Å². The number of halogens is 1. The molecule has 2 rings (SSSR count). The smallest absolute Gasteiger partial charge is 0.312 e. The summed E-state index contributed by atoms with van der Waals surface area (Å²) in [6.45, 7) is 3.87. The van der Waals surface area contributed by atoms with Gasteiger partial charge in [0.2, 0.25) is 17.7 Å². The van der Waals surface area contributed by atoms with E-state index in [0.29, 0.717) is 18.0 Å². The van der Waals surface area contributed by atoms with Crippen molar-refractivity contribution in [3.05, 3.63) is 42.0 Å². The van der Waals surface area contributed by atoms with Crippen LogP contribution in [0, 0.1) is 5.92 Å². The number of amides is 7. The molecule has 13 nitrogen and oxygen atoms in total. The van der Waals surface area contributed by atoms with Crippen molar-refractivity contribution in [3.8, 4) is 0 Å². The highest BCUT2D eigenvalue weighted by Crippen LogP contribution is 2.13. The number of carbonyl (C=O) groups is 6. The maximum absolute atomic E-state index is 13.2. The average Bonchev–Trinajstić information content (AvgIpc) is 3.25. The number of alkyl halides is 1. The first-order valence-electron chi connectivity index (χ1n) is 13.2. The summed E-state index contributed by atoms with van der Waals surface area (Å²) in [4.78, 5) is 73.9. The topological polar surface area (TPSA) is 189 Å². The van der Waals surface area contributed by atoms with Crippen LogP contribution in [-0.2, 0) is 34.6 Å². The number of primary amides is 1. The number of carbonyl (C=O) groups excluding carboxylic acids is 6. The van der Waals surface area contributed by atoms with Gasteiger partial charge in [-0.25, -0.2) is 4.79 Å². The summed E-state index contributed by atoms with van der Waals surface area (Å²) in [5, 5.41) is 10.6. The predicted octanol–water partition coefficient (Wildman–Crippen LogP) is 0.770. The van der Waals surface area contributed by atoms with Crippen LogP contribution in [0.2, 0.25) is 0 Å². The van der Waals surface area contributed by atoms with E-state index in [0.717, 1.165) is 10.5 Å². The highest BCUT2D eigenvalue weighted by atomic mass is 35.5. The largest absolute Gasteiger partial charge is 0.379 e. The SMILES string of the molecule is CC(C)[C@@H](NC(=O)CCOCCN1C(=O)C=CC1=O)C(=O)N[C@@H](CCCNC(N)=O)C(=O)Nc1ccc(CCl)cc1. The molecule has 1 aliphatic rings. The van der Waals surface area contributed by atoms with Crippen LogP contribution in [0.15, 0.2) is 36.4 Å². The number of imide groups is 1. The molecule has 1 aromatic carbocycles. The van der Waals surface area contributed by atoms with Gasteiger partial charge in [-0.3, -0.25) is 28.9 Å². The van der Waals surface area contributed by atoms with E-state index in [4.69, 9.17) is 22.1 Å². The number of hydrogen-bond donors (Lipinski definition) is 5. The molecule has 0 radical (unpaired) electrons. The fraction of sp³-hybridized carbons (Fsp3) is 0.481. The summed E-state index contributed by atoms with van der Waals surface area (Å²) in [5.74, 6) is -2.27. The molecule has 0 aromatic heterocycles. The van der Waals surface area contributed by atoms with Gasteiger partial charge in [0.1, 0.15) is 12.1 Å². The molecule has 0 bridgehead atoms. The minimum absolute atomic E-state index is 0.0162. The maximum Gasteiger partial charge on any atom is 0.312 e. The van der Waals surface area contributed by atoms with E-state index in [1.807, 2.05) is 0 Å². The lowest BCUT2D eigenvalue weighted by atomic mass is 10.0. The molecule has 0 saturated carbocycles. The standard InChI is InChI=1S/C27H37ClN6O7/c1-17(2)24(33-21(35)11-14-41-15-13-34-22(36)9-10-23(34)37)26(39)32-20(4-3-12-30-27(29)40)25(38)31-19-7-5-18(16-28)6-8-19/h5-10,17,20,24H,3-4,11-16H2,1-2H3,(H,31,38)(H,32,39)(H,33,35)(H3,29,30,40)/t20-,24+/m0/s1. The number of hydrogen-bond acceptors (Lipinski definition) is 7. The first-order chi connectivity index (χ1) is 19.5. The normalized spacial score (nSPS) is 14.1. The van der Waals surface area contributed by atoms with Crippen LogP contribution in [0.4, 0.5) is 10.5 Å². The van der Waals surface area contributed by atoms with Crippen molar-refractivity contribution in [1.82, 2.24) is 20.9 Å². The molecule has 1 aliphatic heterocycles. The van der Waals surface area contributed by atoms with Crippen molar-refractivity contribution < 1.29 is 33.5 Å². The fourth-order valence-corrected chi connectivity index (χ4v) is 3.99. The van der Waals surface area contributed by atoms with Gasteiger partial charge in [0.05, 0.1) is 19.8 Å². The van der Waals surface area contributed by atoms with Crippen molar-refractivity contribution in [2.45, 2.75) is 51.1 Å². The van der Waals surface area contributed by atoms with Gasteiger partial charge in [-0.2, -0.15) is 0 Å². The summed E-state index contributed by atoms with van der Waals surface area (Å²) in [5.41, 5.74) is 6.49. The summed E-state index contributed by atoms with van der Waals surface area (Å²) in [6.07, 6.45) is 2.85.